The van der Waals surface area contributed by atoms with Crippen molar-refractivity contribution in [3.8, 4) is 0 Å². The van der Waals surface area contributed by atoms with Gasteiger partial charge in [-0.3, -0.25) is 0 Å². The minimum atomic E-state index is -0.997. The molecule has 0 aliphatic rings. The van der Waals surface area contributed by atoms with Crippen molar-refractivity contribution in [1.82, 2.24) is 0 Å². The molecule has 0 spiro atoms. The third-order valence-electron chi connectivity index (χ3n) is 2.42. The molecule has 0 saturated carbocycles. The van der Waals surface area contributed by atoms with Crippen LogP contribution in [0.1, 0.15) is 5.56 Å². The molecule has 5 heteroatoms. The lowest BCUT2D eigenvalue weighted by Gasteiger charge is -2.08. The molecule has 94 valence electrons. The molecule has 0 bridgehead atoms. The Balaban J connectivity index is 2.14. The number of hydrogen-bond donors (Lipinski definition) is 1. The minimum absolute atomic E-state index is 0.00491. The van der Waals surface area contributed by atoms with E-state index in [1.165, 1.54) is 12.1 Å². The lowest BCUT2D eigenvalue weighted by atomic mass is 10.2. The van der Waals surface area contributed by atoms with Crippen LogP contribution in [0.25, 0.3) is 0 Å². The number of rotatable bonds is 3. The number of para-hydroxylation sites is 1. The van der Waals surface area contributed by atoms with Gasteiger partial charge in [-0.1, -0.05) is 12.1 Å². The summed E-state index contributed by atoms with van der Waals surface area (Å²) < 4.78 is 52.1. The lowest BCUT2D eigenvalue weighted by molar-refractivity contribution is 0.507. The van der Waals surface area contributed by atoms with Gasteiger partial charge in [-0.2, -0.15) is 0 Å². The maximum Gasteiger partial charge on any atom is 0.159 e. The molecule has 0 fully saturated rings. The molecule has 0 aliphatic heterocycles. The monoisotopic (exact) mass is 255 g/mol. The van der Waals surface area contributed by atoms with E-state index in [9.17, 15) is 17.6 Å². The van der Waals surface area contributed by atoms with Crippen molar-refractivity contribution in [3.05, 3.63) is 65.2 Å². The van der Waals surface area contributed by atoms with Crippen molar-refractivity contribution in [2.45, 2.75) is 6.54 Å². The van der Waals surface area contributed by atoms with Gasteiger partial charge in [0.15, 0.2) is 11.6 Å². The molecule has 1 N–H and O–H groups in total. The fourth-order valence-electron chi connectivity index (χ4n) is 1.51. The molecule has 0 atom stereocenters. The molecule has 0 aromatic heterocycles. The number of hydrogen-bond acceptors (Lipinski definition) is 1. The van der Waals surface area contributed by atoms with Crippen molar-refractivity contribution in [2.24, 2.45) is 0 Å². The first-order chi connectivity index (χ1) is 8.58. The molecule has 0 amide bonds. The zero-order chi connectivity index (χ0) is 13.1. The second kappa shape index (κ2) is 5.08. The van der Waals surface area contributed by atoms with Crippen molar-refractivity contribution < 1.29 is 17.6 Å². The highest BCUT2D eigenvalue weighted by molar-refractivity contribution is 5.46. The smallest absolute Gasteiger partial charge is 0.159 e. The first-order valence-electron chi connectivity index (χ1n) is 5.20. The molecule has 0 unspecified atom stereocenters. The Bertz CT molecular complexity index is 549. The van der Waals surface area contributed by atoms with Crippen LogP contribution in [-0.4, -0.2) is 0 Å². The predicted molar refractivity (Wildman–Crippen MR) is 60.0 cm³/mol. The van der Waals surface area contributed by atoms with Gasteiger partial charge in [-0.15, -0.1) is 0 Å². The maximum atomic E-state index is 13.3. The van der Waals surface area contributed by atoms with Crippen LogP contribution in [0.5, 0.6) is 0 Å². The zero-order valence-electron chi connectivity index (χ0n) is 9.18. The van der Waals surface area contributed by atoms with Crippen LogP contribution in [0.3, 0.4) is 0 Å². The van der Waals surface area contributed by atoms with E-state index in [0.29, 0.717) is 5.56 Å². The quantitative estimate of drug-likeness (QED) is 0.821. The SMILES string of the molecule is Fc1ccc(CNc2c(F)cccc2F)cc1F. The second-order valence-corrected chi connectivity index (χ2v) is 3.70. The third-order valence-corrected chi connectivity index (χ3v) is 2.42. The largest absolute Gasteiger partial charge is 0.376 e. The van der Waals surface area contributed by atoms with Crippen LogP contribution in [0.4, 0.5) is 23.2 Å². The highest BCUT2D eigenvalue weighted by Gasteiger charge is 2.08. The van der Waals surface area contributed by atoms with E-state index in [1.807, 2.05) is 0 Å². The van der Waals surface area contributed by atoms with E-state index in [4.69, 9.17) is 0 Å². The fourth-order valence-corrected chi connectivity index (χ4v) is 1.51. The lowest BCUT2D eigenvalue weighted by Crippen LogP contribution is -2.04. The summed E-state index contributed by atoms with van der Waals surface area (Å²) in [7, 11) is 0. The van der Waals surface area contributed by atoms with Crippen molar-refractivity contribution in [2.75, 3.05) is 5.32 Å². The summed E-state index contributed by atoms with van der Waals surface area (Å²) in [6.07, 6.45) is 0. The fraction of sp³-hybridized carbons (Fsp3) is 0.0769. The molecule has 0 aliphatic carbocycles. The summed E-state index contributed by atoms with van der Waals surface area (Å²) >= 11 is 0. The first-order valence-corrected chi connectivity index (χ1v) is 5.20. The van der Waals surface area contributed by atoms with Crippen LogP contribution in [0.15, 0.2) is 36.4 Å². The van der Waals surface area contributed by atoms with E-state index in [0.717, 1.165) is 24.3 Å². The predicted octanol–water partition coefficient (Wildman–Crippen LogP) is 3.86. The second-order valence-electron chi connectivity index (χ2n) is 3.70. The average Bonchev–Trinajstić information content (AvgIpc) is 2.33. The maximum absolute atomic E-state index is 13.3. The molecular weight excluding hydrogens is 246 g/mol. The van der Waals surface area contributed by atoms with E-state index in [2.05, 4.69) is 5.32 Å². The molecule has 0 heterocycles. The van der Waals surface area contributed by atoms with Crippen LogP contribution in [-0.2, 0) is 6.54 Å². The van der Waals surface area contributed by atoms with Gasteiger partial charge in [0.25, 0.3) is 0 Å². The Morgan fingerprint density at radius 2 is 1.44 bits per heavy atom. The summed E-state index contributed by atoms with van der Waals surface area (Å²) in [6.45, 7) is -0.00491. The number of benzene rings is 2. The van der Waals surface area contributed by atoms with Gasteiger partial charge in [-0.05, 0) is 29.8 Å². The van der Waals surface area contributed by atoms with E-state index < -0.39 is 23.3 Å². The number of nitrogens with one attached hydrogen (secondary N) is 1. The molecule has 1 nitrogen and oxygen atoms in total. The Labute approximate surface area is 101 Å². The van der Waals surface area contributed by atoms with Gasteiger partial charge in [0, 0.05) is 6.54 Å². The van der Waals surface area contributed by atoms with Crippen LogP contribution in [0.2, 0.25) is 0 Å². The summed E-state index contributed by atoms with van der Waals surface area (Å²) in [5.41, 5.74) is 0.0961. The van der Waals surface area contributed by atoms with Crippen LogP contribution >= 0.6 is 0 Å². The zero-order valence-corrected chi connectivity index (χ0v) is 9.18. The molecular formula is C13H9F4N. The Hall–Kier alpha value is -2.04. The molecule has 0 radical (unpaired) electrons. The highest BCUT2D eigenvalue weighted by Crippen LogP contribution is 2.19. The van der Waals surface area contributed by atoms with Gasteiger partial charge in [0.2, 0.25) is 0 Å². The van der Waals surface area contributed by atoms with Gasteiger partial charge < -0.3 is 5.32 Å². The van der Waals surface area contributed by atoms with Crippen molar-refractivity contribution in [3.63, 3.8) is 0 Å². The number of halogens is 4. The van der Waals surface area contributed by atoms with Crippen LogP contribution < -0.4 is 5.32 Å². The molecule has 18 heavy (non-hydrogen) atoms. The molecule has 2 rings (SSSR count). The topological polar surface area (TPSA) is 12.0 Å². The van der Waals surface area contributed by atoms with Crippen molar-refractivity contribution in [1.29, 1.82) is 0 Å². The average molecular weight is 255 g/mol. The minimum Gasteiger partial charge on any atom is -0.376 e. The third kappa shape index (κ3) is 2.61. The summed E-state index contributed by atoms with van der Waals surface area (Å²) in [5.74, 6) is -3.44. The summed E-state index contributed by atoms with van der Waals surface area (Å²) in [5, 5.41) is 2.51. The number of anilines is 1. The van der Waals surface area contributed by atoms with Crippen molar-refractivity contribution >= 4 is 5.69 Å². The van der Waals surface area contributed by atoms with E-state index >= 15 is 0 Å². The Morgan fingerprint density at radius 3 is 2.06 bits per heavy atom. The Kier molecular flexibility index (Phi) is 3.50. The van der Waals surface area contributed by atoms with E-state index in [-0.39, 0.29) is 12.2 Å². The highest BCUT2D eigenvalue weighted by atomic mass is 19.2. The molecule has 2 aromatic rings. The Morgan fingerprint density at radius 1 is 0.778 bits per heavy atom. The first kappa shape index (κ1) is 12.4. The summed E-state index contributed by atoms with van der Waals surface area (Å²) in [6, 6.07) is 6.73. The van der Waals surface area contributed by atoms with E-state index in [1.54, 1.807) is 0 Å². The molecule has 2 aromatic carbocycles. The van der Waals surface area contributed by atoms with Gasteiger partial charge in [0.05, 0.1) is 0 Å². The van der Waals surface area contributed by atoms with Gasteiger partial charge in [-0.25, -0.2) is 17.6 Å². The normalized spacial score (nSPS) is 10.4. The van der Waals surface area contributed by atoms with Gasteiger partial charge >= 0.3 is 0 Å². The molecule has 0 saturated heterocycles. The standard InChI is InChI=1S/C13H9F4N/c14-9-5-4-8(6-12(9)17)7-18-13-10(15)2-1-3-11(13)16/h1-6,18H,7H2. The summed E-state index contributed by atoms with van der Waals surface area (Å²) in [4.78, 5) is 0. The van der Waals surface area contributed by atoms with Crippen LogP contribution in [0, 0.1) is 23.3 Å². The van der Waals surface area contributed by atoms with Gasteiger partial charge in [0.1, 0.15) is 17.3 Å².